The topological polar surface area (TPSA) is 143 Å². The van der Waals surface area contributed by atoms with Crippen LogP contribution < -0.4 is 10.8 Å². The third kappa shape index (κ3) is 8.40. The van der Waals surface area contributed by atoms with Crippen LogP contribution in [0.4, 0.5) is 15.3 Å². The molecular weight excluding hydrogens is 727 g/mol. The molecule has 13 nitrogen and oxygen atoms in total. The number of piperazine rings is 1. The van der Waals surface area contributed by atoms with Crippen molar-refractivity contribution in [3.05, 3.63) is 52.0 Å². The number of phenols is 1. The van der Waals surface area contributed by atoms with Crippen molar-refractivity contribution in [3.8, 4) is 5.75 Å². The Morgan fingerprint density at radius 3 is 2.26 bits per heavy atom. The number of amides is 4. The number of fused-ring (bicyclic) bond motifs is 1. The van der Waals surface area contributed by atoms with Crippen LogP contribution >= 0.6 is 15.9 Å². The van der Waals surface area contributed by atoms with E-state index in [-0.39, 0.29) is 36.2 Å². The van der Waals surface area contributed by atoms with Crippen molar-refractivity contribution in [2.24, 2.45) is 0 Å². The van der Waals surface area contributed by atoms with Crippen LogP contribution in [-0.2, 0) is 32.4 Å². The highest BCUT2D eigenvalue weighted by molar-refractivity contribution is 9.10. The van der Waals surface area contributed by atoms with E-state index >= 15 is 0 Å². The summed E-state index contributed by atoms with van der Waals surface area (Å²) < 4.78 is 31.9. The summed E-state index contributed by atoms with van der Waals surface area (Å²) in [6.07, 6.45) is 3.25. The Balaban J connectivity index is 1.07. The number of hydrogen-bond acceptors (Lipinski definition) is 8. The number of halogens is 1. The van der Waals surface area contributed by atoms with E-state index in [1.165, 1.54) is 10.6 Å². The number of sulfonamides is 1. The fourth-order valence-corrected chi connectivity index (χ4v) is 9.10. The first-order valence-electron chi connectivity index (χ1n) is 17.4. The molecule has 0 bridgehead atoms. The van der Waals surface area contributed by atoms with Crippen LogP contribution in [0.15, 0.2) is 40.9 Å². The third-order valence-corrected chi connectivity index (χ3v) is 12.5. The number of urea groups is 1. The molecule has 2 N–H and O–H groups in total. The minimum atomic E-state index is -3.21. The first-order chi connectivity index (χ1) is 23.9. The highest BCUT2D eigenvalue weighted by Crippen LogP contribution is 2.27. The molecule has 4 aliphatic heterocycles. The summed E-state index contributed by atoms with van der Waals surface area (Å²) >= 11 is 3.39. The summed E-state index contributed by atoms with van der Waals surface area (Å²) in [5, 5.41) is 13.3. The number of anilines is 1. The normalized spacial score (nSPS) is 20.9. The zero-order chi connectivity index (χ0) is 35.6. The van der Waals surface area contributed by atoms with E-state index in [1.807, 2.05) is 29.2 Å². The number of hydrogen-bond donors (Lipinski definition) is 2. The Labute approximate surface area is 303 Å². The highest BCUT2D eigenvalue weighted by atomic mass is 79.9. The number of ether oxygens (including phenoxy) is 1. The van der Waals surface area contributed by atoms with Gasteiger partial charge in [0.2, 0.25) is 10.0 Å². The minimum absolute atomic E-state index is 0.0150. The highest BCUT2D eigenvalue weighted by Gasteiger charge is 2.37. The zero-order valence-electron chi connectivity index (χ0n) is 28.7. The molecule has 3 fully saturated rings. The summed E-state index contributed by atoms with van der Waals surface area (Å²) in [6, 6.07) is 11.5. The first kappa shape index (κ1) is 36.5. The SMILES string of the molecule is Bc1cc(C[C@@H](OC(=O)N2CCC(N3CCc4ccccc4NC3=O)CC2)C(=O)N2CCC(N3CCN(S(C)(=O)=O)CC3)CC2)cc(Br)c1O. The molecular formula is C34H46BBrN6O7S. The van der Waals surface area contributed by atoms with Crippen LogP contribution in [0, 0.1) is 0 Å². The van der Waals surface area contributed by atoms with E-state index < -0.39 is 22.2 Å². The Morgan fingerprint density at radius 2 is 1.60 bits per heavy atom. The number of aromatic hydroxyl groups is 1. The van der Waals surface area contributed by atoms with Crippen molar-refractivity contribution in [3.63, 3.8) is 0 Å². The number of carbonyl (C=O) groups excluding carboxylic acids is 3. The lowest BCUT2D eigenvalue weighted by Gasteiger charge is -2.42. The van der Waals surface area contributed by atoms with Gasteiger partial charge in [0.1, 0.15) is 13.6 Å². The van der Waals surface area contributed by atoms with Gasteiger partial charge in [-0.05, 0) is 76.8 Å². The lowest BCUT2D eigenvalue weighted by atomic mass is 9.91. The average Bonchev–Trinajstić information content (AvgIpc) is 3.27. The van der Waals surface area contributed by atoms with E-state index in [2.05, 4.69) is 26.1 Å². The molecule has 0 unspecified atom stereocenters. The average molecular weight is 774 g/mol. The van der Waals surface area contributed by atoms with Crippen molar-refractivity contribution in [2.45, 2.75) is 56.7 Å². The van der Waals surface area contributed by atoms with Gasteiger partial charge < -0.3 is 29.9 Å². The fourth-order valence-electron chi connectivity index (χ4n) is 7.67. The number of piperidine rings is 2. The molecule has 0 radical (unpaired) electrons. The molecule has 4 amide bonds. The Hall–Kier alpha value is -3.34. The molecule has 2 aromatic carbocycles. The predicted molar refractivity (Wildman–Crippen MR) is 196 cm³/mol. The summed E-state index contributed by atoms with van der Waals surface area (Å²) in [4.78, 5) is 48.3. The number of nitrogens with zero attached hydrogens (tertiary/aromatic N) is 5. The molecule has 4 aliphatic rings. The summed E-state index contributed by atoms with van der Waals surface area (Å²) in [7, 11) is -1.43. The van der Waals surface area contributed by atoms with Crippen molar-refractivity contribution in [1.29, 1.82) is 0 Å². The van der Waals surface area contributed by atoms with E-state index in [9.17, 15) is 27.9 Å². The molecule has 0 saturated carbocycles. The van der Waals surface area contributed by atoms with Crippen LogP contribution in [-0.4, -0.2) is 147 Å². The van der Waals surface area contributed by atoms with Gasteiger partial charge in [-0.15, -0.1) is 0 Å². The maximum Gasteiger partial charge on any atom is 0.410 e. The Morgan fingerprint density at radius 1 is 0.960 bits per heavy atom. The maximum atomic E-state index is 14.0. The molecule has 50 heavy (non-hydrogen) atoms. The predicted octanol–water partition coefficient (Wildman–Crippen LogP) is 1.58. The summed E-state index contributed by atoms with van der Waals surface area (Å²) in [5.74, 6) is -0.130. The number of nitrogens with one attached hydrogen (secondary N) is 1. The largest absolute Gasteiger partial charge is 0.507 e. The van der Waals surface area contributed by atoms with Gasteiger partial charge in [-0.1, -0.05) is 24.3 Å². The van der Waals surface area contributed by atoms with Gasteiger partial charge in [0, 0.05) is 83.1 Å². The molecule has 16 heteroatoms. The second-order valence-corrected chi connectivity index (χ2v) is 16.7. The monoisotopic (exact) mass is 772 g/mol. The second kappa shape index (κ2) is 15.5. The number of likely N-dealkylation sites (tertiary alicyclic amines) is 2. The number of benzene rings is 2. The summed E-state index contributed by atoms with van der Waals surface area (Å²) in [6.45, 7) is 4.69. The number of carbonyl (C=O) groups is 3. The van der Waals surface area contributed by atoms with Crippen LogP contribution in [0.5, 0.6) is 5.75 Å². The van der Waals surface area contributed by atoms with E-state index in [1.54, 1.807) is 29.8 Å². The zero-order valence-corrected chi connectivity index (χ0v) is 31.1. The number of rotatable bonds is 7. The van der Waals surface area contributed by atoms with Crippen molar-refractivity contribution in [1.82, 2.24) is 23.9 Å². The maximum absolute atomic E-state index is 14.0. The van der Waals surface area contributed by atoms with Gasteiger partial charge in [0.15, 0.2) is 6.10 Å². The molecule has 3 saturated heterocycles. The van der Waals surface area contributed by atoms with Crippen molar-refractivity contribution >= 4 is 63.0 Å². The minimum Gasteiger partial charge on any atom is -0.507 e. The van der Waals surface area contributed by atoms with Gasteiger partial charge in [-0.2, -0.15) is 4.31 Å². The van der Waals surface area contributed by atoms with Crippen LogP contribution in [0.25, 0.3) is 0 Å². The van der Waals surface area contributed by atoms with Gasteiger partial charge in [0.25, 0.3) is 5.91 Å². The van der Waals surface area contributed by atoms with Crippen molar-refractivity contribution in [2.75, 3.05) is 70.5 Å². The summed E-state index contributed by atoms with van der Waals surface area (Å²) in [5.41, 5.74) is 3.34. The second-order valence-electron chi connectivity index (χ2n) is 13.8. The molecule has 1 atom stereocenters. The van der Waals surface area contributed by atoms with Gasteiger partial charge >= 0.3 is 12.1 Å². The third-order valence-electron chi connectivity index (χ3n) is 10.6. The fraction of sp³-hybridized carbons (Fsp3) is 0.559. The van der Waals surface area contributed by atoms with Crippen LogP contribution in [0.2, 0.25) is 0 Å². The Bertz CT molecular complexity index is 1670. The first-order valence-corrected chi connectivity index (χ1v) is 20.1. The van der Waals surface area contributed by atoms with Gasteiger partial charge in [0.05, 0.1) is 10.7 Å². The molecule has 6 rings (SSSR count). The molecule has 0 aromatic heterocycles. The lowest BCUT2D eigenvalue weighted by molar-refractivity contribution is -0.142. The quantitative estimate of drug-likeness (QED) is 0.405. The molecule has 270 valence electrons. The molecule has 0 spiro atoms. The lowest BCUT2D eigenvalue weighted by Crippen LogP contribution is -2.55. The Kier molecular flexibility index (Phi) is 11.3. The van der Waals surface area contributed by atoms with Gasteiger partial charge in [-0.25, -0.2) is 18.0 Å². The number of para-hydroxylation sites is 1. The van der Waals surface area contributed by atoms with Crippen molar-refractivity contribution < 1.29 is 32.6 Å². The van der Waals surface area contributed by atoms with Gasteiger partial charge in [-0.3, -0.25) is 9.69 Å². The van der Waals surface area contributed by atoms with Crippen LogP contribution in [0.3, 0.4) is 0 Å². The van der Waals surface area contributed by atoms with E-state index in [0.717, 1.165) is 36.1 Å². The van der Waals surface area contributed by atoms with Crippen LogP contribution in [0.1, 0.15) is 36.8 Å². The molecule has 2 aromatic rings. The number of phenolic OH excluding ortho intramolecular Hbond substituents is 1. The smallest absolute Gasteiger partial charge is 0.410 e. The van der Waals surface area contributed by atoms with E-state index in [4.69, 9.17) is 4.74 Å². The molecule has 0 aliphatic carbocycles. The van der Waals surface area contributed by atoms with E-state index in [0.29, 0.717) is 81.7 Å². The molecule has 4 heterocycles. The standard InChI is InChI=1S/C34H46BBrN6O7S/c1-50(47,48)41-18-16-38(17-19-41)25-7-11-39(12-8-25)32(44)30(22-23-20-27(35)31(43)28(36)21-23)49-34(46)40-13-9-26(10-14-40)42-15-6-24-4-2-3-5-29(24)37-33(42)45/h2-5,20-21,25-26,30,43H,6-19,22,35H2,1H3,(H,37,45)/t30-/m1/s1.